The summed E-state index contributed by atoms with van der Waals surface area (Å²) < 4.78 is 0. The molecule has 0 atom stereocenters. The molecule has 0 saturated heterocycles. The number of oxime groups is 1. The van der Waals surface area contributed by atoms with Crippen molar-refractivity contribution in [1.82, 2.24) is 4.90 Å². The van der Waals surface area contributed by atoms with Gasteiger partial charge in [0.1, 0.15) is 13.8 Å². The first-order chi connectivity index (χ1) is 8.20. The number of carbonyl (C=O) groups is 1. The fourth-order valence-electron chi connectivity index (χ4n) is 1.25. The molecule has 6 heteroatoms. The van der Waals surface area contributed by atoms with E-state index >= 15 is 0 Å². The van der Waals surface area contributed by atoms with Crippen LogP contribution in [0.15, 0.2) is 35.5 Å². The summed E-state index contributed by atoms with van der Waals surface area (Å²) >= 11 is 0. The van der Waals surface area contributed by atoms with Crippen LogP contribution in [0.1, 0.15) is 5.56 Å². The number of benzene rings is 1. The van der Waals surface area contributed by atoms with Crippen LogP contribution < -0.4 is 5.90 Å². The standard InChI is InChI=1S/C11H15N3O3/c1-14(8-17-12)11(15)10(13-16-2)9-6-4-3-5-7-9/h3-7H,8,12H2,1-2H3. The minimum absolute atomic E-state index is 0.0194. The molecule has 2 N–H and O–H groups in total. The Hall–Kier alpha value is -1.92. The Bertz CT molecular complexity index is 392. The first kappa shape index (κ1) is 13.1. The molecule has 0 aliphatic rings. The van der Waals surface area contributed by atoms with Gasteiger partial charge in [0, 0.05) is 12.6 Å². The Morgan fingerprint density at radius 1 is 1.41 bits per heavy atom. The first-order valence-electron chi connectivity index (χ1n) is 4.94. The summed E-state index contributed by atoms with van der Waals surface area (Å²) in [6, 6.07) is 9.02. The van der Waals surface area contributed by atoms with Crippen LogP contribution in [0.3, 0.4) is 0 Å². The van der Waals surface area contributed by atoms with Gasteiger partial charge in [-0.15, -0.1) is 0 Å². The molecule has 1 aromatic rings. The molecule has 0 bridgehead atoms. The molecule has 92 valence electrons. The van der Waals surface area contributed by atoms with Crippen molar-refractivity contribution in [3.8, 4) is 0 Å². The number of amides is 1. The van der Waals surface area contributed by atoms with Crippen molar-refractivity contribution in [3.05, 3.63) is 35.9 Å². The molecule has 0 saturated carbocycles. The predicted octanol–water partition coefficient (Wildman–Crippen LogP) is 0.343. The van der Waals surface area contributed by atoms with E-state index in [-0.39, 0.29) is 18.3 Å². The summed E-state index contributed by atoms with van der Waals surface area (Å²) in [5.41, 5.74) is 0.871. The molecule has 0 spiro atoms. The SMILES string of the molecule is CON=C(C(=O)N(C)CON)c1ccccc1. The van der Waals surface area contributed by atoms with Crippen molar-refractivity contribution in [3.63, 3.8) is 0 Å². The second kappa shape index (κ2) is 6.62. The highest BCUT2D eigenvalue weighted by molar-refractivity contribution is 6.45. The maximum atomic E-state index is 12.0. The monoisotopic (exact) mass is 237 g/mol. The molecule has 1 rings (SSSR count). The van der Waals surface area contributed by atoms with Gasteiger partial charge in [-0.3, -0.25) is 9.63 Å². The predicted molar refractivity (Wildman–Crippen MR) is 62.9 cm³/mol. The second-order valence-electron chi connectivity index (χ2n) is 3.29. The highest BCUT2D eigenvalue weighted by Crippen LogP contribution is 2.04. The van der Waals surface area contributed by atoms with E-state index in [1.807, 2.05) is 18.2 Å². The lowest BCUT2D eigenvalue weighted by Crippen LogP contribution is -2.36. The Morgan fingerprint density at radius 2 is 2.06 bits per heavy atom. The summed E-state index contributed by atoms with van der Waals surface area (Å²) in [7, 11) is 2.94. The average molecular weight is 237 g/mol. The van der Waals surface area contributed by atoms with Gasteiger partial charge in [-0.1, -0.05) is 35.5 Å². The van der Waals surface area contributed by atoms with Gasteiger partial charge in [-0.25, -0.2) is 5.90 Å². The van der Waals surface area contributed by atoms with E-state index in [4.69, 9.17) is 5.90 Å². The van der Waals surface area contributed by atoms with Gasteiger partial charge >= 0.3 is 0 Å². The number of likely N-dealkylation sites (N-methyl/N-ethyl adjacent to an activating group) is 1. The average Bonchev–Trinajstić information content (AvgIpc) is 2.36. The molecule has 17 heavy (non-hydrogen) atoms. The lowest BCUT2D eigenvalue weighted by Gasteiger charge is -2.16. The maximum absolute atomic E-state index is 12.0. The third-order valence-electron chi connectivity index (χ3n) is 2.05. The Balaban J connectivity index is 2.95. The van der Waals surface area contributed by atoms with E-state index in [0.29, 0.717) is 5.56 Å². The van der Waals surface area contributed by atoms with Gasteiger partial charge in [0.15, 0.2) is 5.71 Å². The van der Waals surface area contributed by atoms with Gasteiger partial charge in [0.2, 0.25) is 0 Å². The third-order valence-corrected chi connectivity index (χ3v) is 2.05. The molecule has 0 heterocycles. The van der Waals surface area contributed by atoms with E-state index in [9.17, 15) is 4.79 Å². The van der Waals surface area contributed by atoms with E-state index in [2.05, 4.69) is 14.8 Å². The number of hydrogen-bond acceptors (Lipinski definition) is 5. The van der Waals surface area contributed by atoms with Crippen LogP contribution in [-0.2, 0) is 14.5 Å². The second-order valence-corrected chi connectivity index (χ2v) is 3.29. The third kappa shape index (κ3) is 3.54. The van der Waals surface area contributed by atoms with Crippen LogP contribution in [0.5, 0.6) is 0 Å². The molecule has 1 amide bonds. The van der Waals surface area contributed by atoms with Crippen LogP contribution in [-0.4, -0.2) is 37.4 Å². The molecular formula is C11H15N3O3. The summed E-state index contributed by atoms with van der Waals surface area (Å²) in [4.78, 5) is 22.4. The van der Waals surface area contributed by atoms with Crippen LogP contribution >= 0.6 is 0 Å². The Morgan fingerprint density at radius 3 is 2.59 bits per heavy atom. The first-order valence-corrected chi connectivity index (χ1v) is 4.94. The quantitative estimate of drug-likeness (QED) is 0.455. The summed E-state index contributed by atoms with van der Waals surface area (Å²) in [5.74, 6) is 4.58. The molecule has 1 aromatic carbocycles. The van der Waals surface area contributed by atoms with Crippen LogP contribution in [0.4, 0.5) is 0 Å². The van der Waals surface area contributed by atoms with Crippen LogP contribution in [0.2, 0.25) is 0 Å². The number of rotatable bonds is 5. The molecule has 0 fully saturated rings. The number of nitrogens with zero attached hydrogens (tertiary/aromatic N) is 2. The molecular weight excluding hydrogens is 222 g/mol. The zero-order valence-corrected chi connectivity index (χ0v) is 9.79. The fourth-order valence-corrected chi connectivity index (χ4v) is 1.25. The lowest BCUT2D eigenvalue weighted by molar-refractivity contribution is -0.127. The number of nitrogens with two attached hydrogens (primary N) is 1. The Kier molecular flexibility index (Phi) is 5.12. The lowest BCUT2D eigenvalue weighted by atomic mass is 10.1. The van der Waals surface area contributed by atoms with Crippen molar-refractivity contribution in [2.75, 3.05) is 20.9 Å². The summed E-state index contributed by atoms with van der Waals surface area (Å²) in [6.45, 7) is -0.0194. The van der Waals surface area contributed by atoms with Gasteiger partial charge in [0.25, 0.3) is 5.91 Å². The molecule has 0 unspecified atom stereocenters. The number of carbonyl (C=O) groups excluding carboxylic acids is 1. The highest BCUT2D eigenvalue weighted by Gasteiger charge is 2.19. The zero-order chi connectivity index (χ0) is 12.7. The van der Waals surface area contributed by atoms with Crippen LogP contribution in [0.25, 0.3) is 0 Å². The van der Waals surface area contributed by atoms with Gasteiger partial charge in [-0.05, 0) is 0 Å². The van der Waals surface area contributed by atoms with E-state index in [1.54, 1.807) is 19.2 Å². The van der Waals surface area contributed by atoms with Gasteiger partial charge in [-0.2, -0.15) is 0 Å². The maximum Gasteiger partial charge on any atom is 0.278 e. The minimum atomic E-state index is -0.330. The molecule has 6 nitrogen and oxygen atoms in total. The van der Waals surface area contributed by atoms with Crippen molar-refractivity contribution >= 4 is 11.6 Å². The molecule has 0 aliphatic heterocycles. The zero-order valence-electron chi connectivity index (χ0n) is 9.79. The summed E-state index contributed by atoms with van der Waals surface area (Å²) in [5, 5.41) is 3.73. The van der Waals surface area contributed by atoms with Crippen molar-refractivity contribution < 1.29 is 14.5 Å². The summed E-state index contributed by atoms with van der Waals surface area (Å²) in [6.07, 6.45) is 0. The van der Waals surface area contributed by atoms with E-state index in [1.165, 1.54) is 12.0 Å². The van der Waals surface area contributed by atoms with Crippen molar-refractivity contribution in [2.45, 2.75) is 0 Å². The van der Waals surface area contributed by atoms with Gasteiger partial charge < -0.3 is 9.74 Å². The normalized spacial score (nSPS) is 11.1. The van der Waals surface area contributed by atoms with Gasteiger partial charge in [0.05, 0.1) is 0 Å². The van der Waals surface area contributed by atoms with E-state index < -0.39 is 0 Å². The topological polar surface area (TPSA) is 77.1 Å². The highest BCUT2D eigenvalue weighted by atomic mass is 16.6. The largest absolute Gasteiger partial charge is 0.398 e. The molecule has 0 aromatic heterocycles. The molecule has 0 aliphatic carbocycles. The van der Waals surface area contributed by atoms with Crippen molar-refractivity contribution in [2.24, 2.45) is 11.1 Å². The Labute approximate surface area is 99.5 Å². The van der Waals surface area contributed by atoms with Crippen molar-refractivity contribution in [1.29, 1.82) is 0 Å². The smallest absolute Gasteiger partial charge is 0.278 e. The minimum Gasteiger partial charge on any atom is -0.398 e. The number of hydrogen-bond donors (Lipinski definition) is 1. The fraction of sp³-hybridized carbons (Fsp3) is 0.273. The molecule has 0 radical (unpaired) electrons. The van der Waals surface area contributed by atoms with E-state index in [0.717, 1.165) is 0 Å². The van der Waals surface area contributed by atoms with Crippen LogP contribution in [0, 0.1) is 0 Å².